The van der Waals surface area contributed by atoms with Crippen molar-refractivity contribution in [2.45, 2.75) is 24.0 Å². The molecule has 1 aliphatic rings. The summed E-state index contributed by atoms with van der Waals surface area (Å²) in [5.74, 6) is 0. The smallest absolute Gasteiger partial charge is 0.345 e. The van der Waals surface area contributed by atoms with Crippen molar-refractivity contribution in [3.63, 3.8) is 0 Å². The molecule has 1 atom stereocenters. The average Bonchev–Trinajstić information content (AvgIpc) is 3.12. The van der Waals surface area contributed by atoms with Crippen LogP contribution in [-0.4, -0.2) is 4.57 Å². The van der Waals surface area contributed by atoms with Crippen LogP contribution >= 0.6 is 0 Å². The first kappa shape index (κ1) is 15.4. The third kappa shape index (κ3) is 2.53. The summed E-state index contributed by atoms with van der Waals surface area (Å²) in [6, 6.07) is 11.0. The third-order valence-corrected chi connectivity index (χ3v) is 5.35. The number of rotatable bonds is 2. The summed E-state index contributed by atoms with van der Waals surface area (Å²) in [4.78, 5) is 0.581. The molecule has 2 aromatic carbocycles. The first-order chi connectivity index (χ1) is 11.4. The zero-order valence-electron chi connectivity index (χ0n) is 12.5. The Kier molecular flexibility index (Phi) is 3.51. The normalized spacial score (nSPS) is 15.3. The minimum Gasteiger partial charge on any atom is -0.345 e. The Morgan fingerprint density at radius 2 is 1.83 bits per heavy atom. The molecule has 0 fully saturated rings. The topological polar surface area (TPSA) is 43.3 Å². The van der Waals surface area contributed by atoms with Crippen molar-refractivity contribution in [2.24, 2.45) is 9.50 Å². The molecule has 0 saturated heterocycles. The number of alkyl halides is 3. The fourth-order valence-corrected chi connectivity index (χ4v) is 3.93. The molecular formula is C17H14F3N3S. The van der Waals surface area contributed by atoms with Gasteiger partial charge in [-0.3, -0.25) is 5.14 Å². The fourth-order valence-electron chi connectivity index (χ4n) is 3.05. The van der Waals surface area contributed by atoms with E-state index in [1.165, 1.54) is 23.2 Å². The second kappa shape index (κ2) is 5.46. The van der Waals surface area contributed by atoms with Gasteiger partial charge in [-0.1, -0.05) is 18.2 Å². The van der Waals surface area contributed by atoms with E-state index in [9.17, 15) is 13.2 Å². The number of hydrogen-bond donors (Lipinski definition) is 1. The Bertz CT molecular complexity index is 956. The highest BCUT2D eigenvalue weighted by Gasteiger charge is 2.30. The highest BCUT2D eigenvalue weighted by Crippen LogP contribution is 2.35. The quantitative estimate of drug-likeness (QED) is 0.723. The van der Waals surface area contributed by atoms with Crippen LogP contribution in [0.1, 0.15) is 11.1 Å². The summed E-state index contributed by atoms with van der Waals surface area (Å²) < 4.78 is 44.6. The van der Waals surface area contributed by atoms with Gasteiger partial charge < -0.3 is 4.57 Å². The molecule has 0 bridgehead atoms. The summed E-state index contributed by atoms with van der Waals surface area (Å²) in [7, 11) is -1.00. The molecule has 7 heteroatoms. The van der Waals surface area contributed by atoms with Crippen LogP contribution in [0.5, 0.6) is 0 Å². The highest BCUT2D eigenvalue weighted by atomic mass is 32.2. The lowest BCUT2D eigenvalue weighted by Crippen LogP contribution is -2.06. The molecule has 3 nitrogen and oxygen atoms in total. The van der Waals surface area contributed by atoms with E-state index in [1.54, 1.807) is 0 Å². The van der Waals surface area contributed by atoms with Crippen LogP contribution in [0.2, 0.25) is 0 Å². The monoisotopic (exact) mass is 349 g/mol. The van der Waals surface area contributed by atoms with Gasteiger partial charge in [0, 0.05) is 33.9 Å². The lowest BCUT2D eigenvalue weighted by atomic mass is 10.1. The third-order valence-electron chi connectivity index (χ3n) is 4.20. The SMILES string of the molecule is NS(=Nc1cn2c3c(cccc13)CC2)c1ccc(C(F)(F)F)cc1. The zero-order chi connectivity index (χ0) is 16.9. The lowest BCUT2D eigenvalue weighted by molar-refractivity contribution is -0.137. The molecule has 1 aliphatic heterocycles. The first-order valence-electron chi connectivity index (χ1n) is 7.42. The van der Waals surface area contributed by atoms with Gasteiger partial charge in [0.25, 0.3) is 0 Å². The van der Waals surface area contributed by atoms with Gasteiger partial charge in [0.1, 0.15) is 0 Å². The van der Waals surface area contributed by atoms with Gasteiger partial charge >= 0.3 is 6.18 Å². The van der Waals surface area contributed by atoms with E-state index in [4.69, 9.17) is 5.14 Å². The van der Waals surface area contributed by atoms with Crippen LogP contribution < -0.4 is 5.14 Å². The molecule has 3 aromatic rings. The van der Waals surface area contributed by atoms with Gasteiger partial charge in [0.15, 0.2) is 0 Å². The van der Waals surface area contributed by atoms with E-state index in [0.717, 1.165) is 36.2 Å². The van der Waals surface area contributed by atoms with Crippen molar-refractivity contribution in [1.82, 2.24) is 4.57 Å². The van der Waals surface area contributed by atoms with E-state index in [2.05, 4.69) is 15.0 Å². The summed E-state index contributed by atoms with van der Waals surface area (Å²) in [6.07, 6.45) is -1.36. The van der Waals surface area contributed by atoms with E-state index in [1.807, 2.05) is 18.3 Å². The van der Waals surface area contributed by atoms with Crippen molar-refractivity contribution in [3.8, 4) is 0 Å². The van der Waals surface area contributed by atoms with Crippen molar-refractivity contribution >= 4 is 27.5 Å². The fraction of sp³-hybridized carbons (Fsp3) is 0.176. The summed E-state index contributed by atoms with van der Waals surface area (Å²) in [5.41, 5.74) is 2.58. The van der Waals surface area contributed by atoms with Gasteiger partial charge in [-0.15, -0.1) is 0 Å². The van der Waals surface area contributed by atoms with Crippen LogP contribution in [-0.2, 0) is 30.0 Å². The highest BCUT2D eigenvalue weighted by molar-refractivity contribution is 7.85. The second-order valence-electron chi connectivity index (χ2n) is 5.70. The molecule has 0 spiro atoms. The number of nitrogens with two attached hydrogens (primary N) is 1. The van der Waals surface area contributed by atoms with Crippen molar-refractivity contribution < 1.29 is 13.2 Å². The first-order valence-corrected chi connectivity index (χ1v) is 8.66. The Balaban J connectivity index is 1.73. The Labute approximate surface area is 139 Å². The Morgan fingerprint density at radius 1 is 1.08 bits per heavy atom. The number of halogens is 3. The number of hydrogen-bond acceptors (Lipinski definition) is 1. The standard InChI is InChI=1S/C17H14F3N3S/c18-17(19,20)12-4-6-13(7-5-12)24(21)22-15-10-23-9-8-11-2-1-3-14(15)16(11)23/h1-7,10H,8-9H2,(H2,21,22). The molecule has 24 heavy (non-hydrogen) atoms. The van der Waals surface area contributed by atoms with Gasteiger partial charge in [-0.25, -0.2) is 4.36 Å². The van der Waals surface area contributed by atoms with Crippen LogP contribution in [0.25, 0.3) is 10.9 Å². The summed E-state index contributed by atoms with van der Waals surface area (Å²) in [6.45, 7) is 0.921. The number of para-hydroxylation sites is 1. The molecule has 1 unspecified atom stereocenters. The van der Waals surface area contributed by atoms with Crippen LogP contribution in [0.3, 0.4) is 0 Å². The Hall–Kier alpha value is -2.12. The molecule has 0 radical (unpaired) electrons. The molecule has 0 amide bonds. The number of benzene rings is 2. The molecule has 0 aliphatic carbocycles. The molecule has 2 N–H and O–H groups in total. The molecule has 4 rings (SSSR count). The largest absolute Gasteiger partial charge is 0.416 e. The maximum Gasteiger partial charge on any atom is 0.416 e. The van der Waals surface area contributed by atoms with E-state index in [0.29, 0.717) is 4.90 Å². The van der Waals surface area contributed by atoms with E-state index < -0.39 is 22.6 Å². The van der Waals surface area contributed by atoms with Gasteiger partial charge in [-0.2, -0.15) is 13.2 Å². The molecule has 2 heterocycles. The predicted molar refractivity (Wildman–Crippen MR) is 89.0 cm³/mol. The molecular weight excluding hydrogens is 335 g/mol. The van der Waals surface area contributed by atoms with Crippen molar-refractivity contribution in [2.75, 3.05) is 0 Å². The van der Waals surface area contributed by atoms with Gasteiger partial charge in [0.2, 0.25) is 0 Å². The minimum atomic E-state index is -4.34. The van der Waals surface area contributed by atoms with Gasteiger partial charge in [-0.05, 0) is 36.2 Å². The maximum atomic E-state index is 12.6. The maximum absolute atomic E-state index is 12.6. The second-order valence-corrected chi connectivity index (χ2v) is 6.98. The minimum absolute atomic E-state index is 0.581. The molecule has 0 saturated carbocycles. The Morgan fingerprint density at radius 3 is 2.54 bits per heavy atom. The number of aromatic nitrogens is 1. The number of aryl methyl sites for hydroxylation is 2. The van der Waals surface area contributed by atoms with Crippen LogP contribution in [0.15, 0.2) is 57.9 Å². The van der Waals surface area contributed by atoms with E-state index >= 15 is 0 Å². The average molecular weight is 349 g/mol. The summed E-state index contributed by atoms with van der Waals surface area (Å²) >= 11 is 0. The lowest BCUT2D eigenvalue weighted by Gasteiger charge is -2.07. The molecule has 1 aromatic heterocycles. The van der Waals surface area contributed by atoms with Crippen LogP contribution in [0, 0.1) is 0 Å². The zero-order valence-corrected chi connectivity index (χ0v) is 13.4. The predicted octanol–water partition coefficient (Wildman–Crippen LogP) is 4.58. The van der Waals surface area contributed by atoms with E-state index in [-0.39, 0.29) is 0 Å². The van der Waals surface area contributed by atoms with Crippen molar-refractivity contribution in [1.29, 1.82) is 0 Å². The summed E-state index contributed by atoms with van der Waals surface area (Å²) in [5, 5.41) is 7.15. The molecule has 124 valence electrons. The number of nitrogens with zero attached hydrogens (tertiary/aromatic N) is 2. The van der Waals surface area contributed by atoms with Crippen molar-refractivity contribution in [3.05, 3.63) is 59.8 Å². The van der Waals surface area contributed by atoms with Crippen LogP contribution in [0.4, 0.5) is 18.9 Å². The van der Waals surface area contributed by atoms with Gasteiger partial charge in [0.05, 0.1) is 16.8 Å².